The van der Waals surface area contributed by atoms with E-state index in [2.05, 4.69) is 10.3 Å². The van der Waals surface area contributed by atoms with Gasteiger partial charge >= 0.3 is 0 Å². The molecule has 120 valence electrons. The van der Waals surface area contributed by atoms with Crippen molar-refractivity contribution in [3.05, 3.63) is 53.7 Å². The Morgan fingerprint density at radius 2 is 2.17 bits per heavy atom. The summed E-state index contributed by atoms with van der Waals surface area (Å²) in [7, 11) is 3.89. The van der Waals surface area contributed by atoms with Crippen molar-refractivity contribution in [2.45, 2.75) is 13.0 Å². The molecule has 5 nitrogen and oxygen atoms in total. The topological polar surface area (TPSA) is 54.5 Å². The smallest absolute Gasteiger partial charge is 0.227 e. The third-order valence-electron chi connectivity index (χ3n) is 3.98. The molecule has 1 atom stereocenters. The van der Waals surface area contributed by atoms with Crippen LogP contribution in [0, 0.1) is 5.92 Å². The number of nitrogens with zero attached hydrogens (tertiary/aromatic N) is 2. The monoisotopic (exact) mass is 311 g/mol. The number of nitrogens with one attached hydrogen (secondary N) is 1. The van der Waals surface area contributed by atoms with Crippen LogP contribution in [0.25, 0.3) is 0 Å². The van der Waals surface area contributed by atoms with Crippen molar-refractivity contribution in [2.75, 3.05) is 25.6 Å². The highest BCUT2D eigenvalue weighted by Gasteiger charge is 2.25. The van der Waals surface area contributed by atoms with E-state index in [-0.39, 0.29) is 11.8 Å². The lowest BCUT2D eigenvalue weighted by Crippen LogP contribution is -2.37. The lowest BCUT2D eigenvalue weighted by atomic mass is 9.96. The van der Waals surface area contributed by atoms with Crippen LogP contribution in [0.3, 0.4) is 0 Å². The third kappa shape index (κ3) is 3.62. The van der Waals surface area contributed by atoms with Crippen molar-refractivity contribution in [3.63, 3.8) is 0 Å². The number of fused-ring (bicyclic) bond motifs is 1. The number of benzene rings is 1. The molecule has 1 aromatic heterocycles. The van der Waals surface area contributed by atoms with Gasteiger partial charge in [-0.15, -0.1) is 0 Å². The maximum atomic E-state index is 12.4. The van der Waals surface area contributed by atoms with Crippen LogP contribution < -0.4 is 15.0 Å². The molecule has 0 aliphatic carbocycles. The van der Waals surface area contributed by atoms with Gasteiger partial charge in [0.25, 0.3) is 0 Å². The van der Waals surface area contributed by atoms with Crippen LogP contribution in [-0.4, -0.2) is 31.6 Å². The minimum atomic E-state index is -0.139. The van der Waals surface area contributed by atoms with Gasteiger partial charge in [-0.05, 0) is 35.7 Å². The summed E-state index contributed by atoms with van der Waals surface area (Å²) in [6, 6.07) is 11.8. The molecule has 1 aliphatic rings. The molecule has 0 unspecified atom stereocenters. The highest BCUT2D eigenvalue weighted by atomic mass is 16.5. The number of para-hydroxylation sites is 1. The largest absolute Gasteiger partial charge is 0.492 e. The molecule has 0 spiro atoms. The summed E-state index contributed by atoms with van der Waals surface area (Å²) in [5.74, 6) is 1.66. The van der Waals surface area contributed by atoms with Crippen LogP contribution >= 0.6 is 0 Å². The molecular weight excluding hydrogens is 290 g/mol. The molecule has 2 aromatic rings. The zero-order valence-electron chi connectivity index (χ0n) is 13.5. The number of aromatic nitrogens is 1. The first-order chi connectivity index (χ1) is 11.1. The zero-order chi connectivity index (χ0) is 16.2. The molecule has 1 amide bonds. The Kier molecular flexibility index (Phi) is 4.46. The molecule has 23 heavy (non-hydrogen) atoms. The summed E-state index contributed by atoms with van der Waals surface area (Å²) < 4.78 is 5.68. The minimum Gasteiger partial charge on any atom is -0.492 e. The Hall–Kier alpha value is -2.56. The Morgan fingerprint density at radius 3 is 3.00 bits per heavy atom. The zero-order valence-corrected chi connectivity index (χ0v) is 13.5. The van der Waals surface area contributed by atoms with Gasteiger partial charge in [0.2, 0.25) is 5.91 Å². The van der Waals surface area contributed by atoms with E-state index >= 15 is 0 Å². The van der Waals surface area contributed by atoms with Gasteiger partial charge < -0.3 is 15.0 Å². The van der Waals surface area contributed by atoms with Gasteiger partial charge in [0, 0.05) is 26.8 Å². The first-order valence-corrected chi connectivity index (χ1v) is 7.74. The molecule has 0 saturated carbocycles. The maximum Gasteiger partial charge on any atom is 0.227 e. The van der Waals surface area contributed by atoms with E-state index in [1.165, 1.54) is 0 Å². The number of rotatable bonds is 4. The van der Waals surface area contributed by atoms with E-state index in [0.717, 1.165) is 29.1 Å². The number of carbonyl (C=O) groups excluding carboxylic acids is 1. The summed E-state index contributed by atoms with van der Waals surface area (Å²) in [5.41, 5.74) is 2.13. The van der Waals surface area contributed by atoms with Gasteiger partial charge in [0.15, 0.2) is 0 Å². The molecule has 0 radical (unpaired) electrons. The average Bonchev–Trinajstić information content (AvgIpc) is 2.59. The van der Waals surface area contributed by atoms with Crippen molar-refractivity contribution in [1.29, 1.82) is 0 Å². The van der Waals surface area contributed by atoms with Crippen LogP contribution in [0.2, 0.25) is 0 Å². The second-order valence-electron chi connectivity index (χ2n) is 5.95. The Morgan fingerprint density at radius 1 is 1.35 bits per heavy atom. The maximum absolute atomic E-state index is 12.4. The normalized spacial score (nSPS) is 16.2. The molecule has 1 N–H and O–H groups in total. The van der Waals surface area contributed by atoms with E-state index < -0.39 is 0 Å². The lowest BCUT2D eigenvalue weighted by Gasteiger charge is -2.24. The summed E-state index contributed by atoms with van der Waals surface area (Å²) >= 11 is 0. The number of carbonyl (C=O) groups is 1. The molecule has 1 aliphatic heterocycles. The number of amides is 1. The van der Waals surface area contributed by atoms with Crippen molar-refractivity contribution in [2.24, 2.45) is 5.92 Å². The van der Waals surface area contributed by atoms with Gasteiger partial charge in [-0.1, -0.05) is 18.2 Å². The Labute approximate surface area is 136 Å². The molecular formula is C18H21N3O2. The average molecular weight is 311 g/mol. The summed E-state index contributed by atoms with van der Waals surface area (Å²) in [6.45, 7) is 0.933. The van der Waals surface area contributed by atoms with Gasteiger partial charge in [-0.2, -0.15) is 0 Å². The van der Waals surface area contributed by atoms with Crippen molar-refractivity contribution >= 4 is 11.7 Å². The van der Waals surface area contributed by atoms with Gasteiger partial charge in [0.05, 0.1) is 5.92 Å². The SMILES string of the molecule is CN(C)c1cc(CNC(=O)[C@H]2COc3ccccc3C2)ccn1. The summed E-state index contributed by atoms with van der Waals surface area (Å²) in [6.07, 6.45) is 2.48. The molecule has 0 fully saturated rings. The van der Waals surface area contributed by atoms with Crippen LogP contribution in [0.1, 0.15) is 11.1 Å². The number of pyridine rings is 1. The molecule has 5 heteroatoms. The summed E-state index contributed by atoms with van der Waals surface area (Å²) in [4.78, 5) is 18.6. The molecule has 0 bridgehead atoms. The predicted molar refractivity (Wildman–Crippen MR) is 89.5 cm³/mol. The van der Waals surface area contributed by atoms with Gasteiger partial charge in [-0.3, -0.25) is 4.79 Å². The standard InChI is InChI=1S/C18H21N3O2/c1-21(2)17-9-13(7-8-19-17)11-20-18(22)15-10-14-5-3-4-6-16(14)23-12-15/h3-9,15H,10-12H2,1-2H3,(H,20,22)/t15-/m1/s1. The predicted octanol–water partition coefficient (Wildman–Crippen LogP) is 2.02. The fourth-order valence-electron chi connectivity index (χ4n) is 2.65. The molecule has 1 aromatic carbocycles. The van der Waals surface area contributed by atoms with Crippen molar-refractivity contribution < 1.29 is 9.53 Å². The highest BCUT2D eigenvalue weighted by molar-refractivity contribution is 5.79. The first kappa shape index (κ1) is 15.3. The van der Waals surface area contributed by atoms with Crippen molar-refractivity contribution in [3.8, 4) is 5.75 Å². The Balaban J connectivity index is 1.59. The van der Waals surface area contributed by atoms with Crippen molar-refractivity contribution in [1.82, 2.24) is 10.3 Å². The van der Waals surface area contributed by atoms with E-state index in [1.807, 2.05) is 55.4 Å². The molecule has 3 rings (SSSR count). The lowest BCUT2D eigenvalue weighted by molar-refractivity contribution is -0.126. The van der Waals surface area contributed by atoms with Gasteiger partial charge in [-0.25, -0.2) is 4.98 Å². The number of hydrogen-bond donors (Lipinski definition) is 1. The summed E-state index contributed by atoms with van der Waals surface area (Å²) in [5, 5.41) is 3.00. The van der Waals surface area contributed by atoms with E-state index in [0.29, 0.717) is 13.2 Å². The second-order valence-corrected chi connectivity index (χ2v) is 5.95. The fraction of sp³-hybridized carbons (Fsp3) is 0.333. The van der Waals surface area contributed by atoms with E-state index in [9.17, 15) is 4.79 Å². The number of hydrogen-bond acceptors (Lipinski definition) is 4. The van der Waals surface area contributed by atoms with Crippen LogP contribution in [-0.2, 0) is 17.8 Å². The van der Waals surface area contributed by atoms with Gasteiger partial charge in [0.1, 0.15) is 18.2 Å². The number of ether oxygens (including phenoxy) is 1. The molecule has 2 heterocycles. The number of anilines is 1. The van der Waals surface area contributed by atoms with Crippen LogP contribution in [0.5, 0.6) is 5.75 Å². The first-order valence-electron chi connectivity index (χ1n) is 7.74. The minimum absolute atomic E-state index is 0.0303. The quantitative estimate of drug-likeness (QED) is 0.938. The third-order valence-corrected chi connectivity index (χ3v) is 3.98. The van der Waals surface area contributed by atoms with Crippen LogP contribution in [0.15, 0.2) is 42.6 Å². The van der Waals surface area contributed by atoms with Crippen LogP contribution in [0.4, 0.5) is 5.82 Å². The fourth-order valence-corrected chi connectivity index (χ4v) is 2.65. The van der Waals surface area contributed by atoms with E-state index in [4.69, 9.17) is 4.74 Å². The molecule has 0 saturated heterocycles. The Bertz CT molecular complexity index is 700. The van der Waals surface area contributed by atoms with E-state index in [1.54, 1.807) is 6.20 Å². The highest BCUT2D eigenvalue weighted by Crippen LogP contribution is 2.26. The second kappa shape index (κ2) is 6.69.